The first kappa shape index (κ1) is 14.0. The molecule has 0 aliphatic carbocycles. The number of hydrogen-bond acceptors (Lipinski definition) is 5. The highest BCUT2D eigenvalue weighted by atomic mass is 16.5. The summed E-state index contributed by atoms with van der Waals surface area (Å²) < 4.78 is 12.5. The molecule has 0 saturated carbocycles. The zero-order chi connectivity index (χ0) is 14.5. The molecule has 1 aliphatic heterocycles. The highest BCUT2D eigenvalue weighted by Gasteiger charge is 2.11. The van der Waals surface area contributed by atoms with Crippen LogP contribution in [-0.2, 0) is 11.3 Å². The minimum atomic E-state index is 0.826. The summed E-state index contributed by atoms with van der Waals surface area (Å²) in [6, 6.07) is 7.86. The second-order valence-electron chi connectivity index (χ2n) is 5.05. The number of rotatable bonds is 5. The molecular formula is C15H20N4O2. The standard InChI is InChI=1S/C15H20N4O2/c1-20-14-4-2-3-13(11-14)15-12-19(17-16-15)6-5-18-7-9-21-10-8-18/h2-4,11-12H,5-10H2,1H3. The molecule has 6 heteroatoms. The van der Waals surface area contributed by atoms with E-state index in [9.17, 15) is 0 Å². The molecule has 0 bridgehead atoms. The normalized spacial score (nSPS) is 16.0. The van der Waals surface area contributed by atoms with E-state index in [-0.39, 0.29) is 0 Å². The molecule has 1 saturated heterocycles. The fourth-order valence-electron chi connectivity index (χ4n) is 2.39. The maximum absolute atomic E-state index is 5.35. The lowest BCUT2D eigenvalue weighted by atomic mass is 10.1. The quantitative estimate of drug-likeness (QED) is 0.829. The van der Waals surface area contributed by atoms with Gasteiger partial charge < -0.3 is 9.47 Å². The molecule has 0 unspecified atom stereocenters. The minimum absolute atomic E-state index is 0.826. The van der Waals surface area contributed by atoms with E-state index in [2.05, 4.69) is 15.2 Å². The number of ether oxygens (including phenoxy) is 2. The Bertz CT molecular complexity index is 579. The Balaban J connectivity index is 1.62. The maximum atomic E-state index is 5.35. The molecule has 1 aromatic heterocycles. The summed E-state index contributed by atoms with van der Waals surface area (Å²) in [7, 11) is 1.66. The average molecular weight is 288 g/mol. The molecule has 21 heavy (non-hydrogen) atoms. The third-order valence-corrected chi connectivity index (χ3v) is 3.65. The largest absolute Gasteiger partial charge is 0.497 e. The van der Waals surface area contributed by atoms with Crippen LogP contribution in [0, 0.1) is 0 Å². The fourth-order valence-corrected chi connectivity index (χ4v) is 2.39. The molecule has 6 nitrogen and oxygen atoms in total. The topological polar surface area (TPSA) is 52.4 Å². The van der Waals surface area contributed by atoms with Crippen LogP contribution in [-0.4, -0.2) is 59.9 Å². The van der Waals surface area contributed by atoms with Crippen molar-refractivity contribution in [2.24, 2.45) is 0 Å². The SMILES string of the molecule is COc1cccc(-c2cn(CCN3CCOCC3)nn2)c1. The summed E-state index contributed by atoms with van der Waals surface area (Å²) in [4.78, 5) is 2.39. The van der Waals surface area contributed by atoms with E-state index >= 15 is 0 Å². The van der Waals surface area contributed by atoms with E-state index < -0.39 is 0 Å². The number of benzene rings is 1. The van der Waals surface area contributed by atoms with Gasteiger partial charge in [-0.1, -0.05) is 17.3 Å². The highest BCUT2D eigenvalue weighted by Crippen LogP contribution is 2.21. The molecule has 1 aromatic carbocycles. The number of nitrogens with zero attached hydrogens (tertiary/aromatic N) is 4. The van der Waals surface area contributed by atoms with Crippen LogP contribution < -0.4 is 4.74 Å². The van der Waals surface area contributed by atoms with Crippen LogP contribution in [0.25, 0.3) is 11.3 Å². The van der Waals surface area contributed by atoms with Crippen molar-refractivity contribution in [1.29, 1.82) is 0 Å². The van der Waals surface area contributed by atoms with Crippen LogP contribution in [0.1, 0.15) is 0 Å². The van der Waals surface area contributed by atoms with E-state index in [1.54, 1.807) is 7.11 Å². The van der Waals surface area contributed by atoms with Gasteiger partial charge in [-0.2, -0.15) is 0 Å². The Morgan fingerprint density at radius 2 is 2.10 bits per heavy atom. The zero-order valence-electron chi connectivity index (χ0n) is 12.2. The molecule has 0 N–H and O–H groups in total. The first-order chi connectivity index (χ1) is 10.3. The zero-order valence-corrected chi connectivity index (χ0v) is 12.2. The van der Waals surface area contributed by atoms with Gasteiger partial charge in [-0.15, -0.1) is 5.10 Å². The Morgan fingerprint density at radius 3 is 2.90 bits per heavy atom. The van der Waals surface area contributed by atoms with Gasteiger partial charge in [0.05, 0.1) is 33.1 Å². The molecule has 1 fully saturated rings. The third-order valence-electron chi connectivity index (χ3n) is 3.65. The monoisotopic (exact) mass is 288 g/mol. The first-order valence-electron chi connectivity index (χ1n) is 7.20. The summed E-state index contributed by atoms with van der Waals surface area (Å²) in [5.41, 5.74) is 1.89. The van der Waals surface area contributed by atoms with E-state index in [0.29, 0.717) is 0 Å². The van der Waals surface area contributed by atoms with Gasteiger partial charge in [-0.3, -0.25) is 9.58 Å². The molecule has 2 heterocycles. The molecule has 3 rings (SSSR count). The molecule has 112 valence electrons. The van der Waals surface area contributed by atoms with Crippen molar-refractivity contribution in [3.63, 3.8) is 0 Å². The van der Waals surface area contributed by atoms with Crippen molar-refractivity contribution in [3.05, 3.63) is 30.5 Å². The third kappa shape index (κ3) is 3.59. The average Bonchev–Trinajstić information content (AvgIpc) is 3.03. The predicted molar refractivity (Wildman–Crippen MR) is 79.3 cm³/mol. The van der Waals surface area contributed by atoms with Gasteiger partial charge in [-0.25, -0.2) is 0 Å². The Morgan fingerprint density at radius 1 is 1.24 bits per heavy atom. The lowest BCUT2D eigenvalue weighted by Crippen LogP contribution is -2.38. The van der Waals surface area contributed by atoms with E-state index in [1.807, 2.05) is 35.1 Å². The van der Waals surface area contributed by atoms with Crippen molar-refractivity contribution in [2.45, 2.75) is 6.54 Å². The number of morpholine rings is 1. The summed E-state index contributed by atoms with van der Waals surface area (Å²) in [5, 5.41) is 8.44. The van der Waals surface area contributed by atoms with E-state index in [1.165, 1.54) is 0 Å². The molecule has 0 radical (unpaired) electrons. The van der Waals surface area contributed by atoms with E-state index in [4.69, 9.17) is 9.47 Å². The Hall–Kier alpha value is -1.92. The molecule has 0 amide bonds. The van der Waals surface area contributed by atoms with Crippen molar-refractivity contribution in [3.8, 4) is 17.0 Å². The van der Waals surface area contributed by atoms with Crippen molar-refractivity contribution < 1.29 is 9.47 Å². The van der Waals surface area contributed by atoms with Crippen LogP contribution in [0.4, 0.5) is 0 Å². The van der Waals surface area contributed by atoms with Crippen LogP contribution in [0.3, 0.4) is 0 Å². The molecule has 0 spiro atoms. The van der Waals surface area contributed by atoms with E-state index in [0.717, 1.165) is 56.4 Å². The van der Waals surface area contributed by atoms with Crippen molar-refractivity contribution >= 4 is 0 Å². The van der Waals surface area contributed by atoms with Gasteiger partial charge >= 0.3 is 0 Å². The highest BCUT2D eigenvalue weighted by molar-refractivity contribution is 5.59. The number of aromatic nitrogens is 3. The Kier molecular flexibility index (Phi) is 4.47. The van der Waals surface area contributed by atoms with Crippen LogP contribution in [0.5, 0.6) is 5.75 Å². The summed E-state index contributed by atoms with van der Waals surface area (Å²) >= 11 is 0. The summed E-state index contributed by atoms with van der Waals surface area (Å²) in [6.07, 6.45) is 1.98. The van der Waals surface area contributed by atoms with Gasteiger partial charge in [0, 0.05) is 25.2 Å². The lowest BCUT2D eigenvalue weighted by Gasteiger charge is -2.26. The lowest BCUT2D eigenvalue weighted by molar-refractivity contribution is 0.0359. The molecular weight excluding hydrogens is 268 g/mol. The molecule has 2 aromatic rings. The second kappa shape index (κ2) is 6.69. The summed E-state index contributed by atoms with van der Waals surface area (Å²) in [6.45, 7) is 5.47. The van der Waals surface area contributed by atoms with Gasteiger partial charge in [0.15, 0.2) is 0 Å². The van der Waals surface area contributed by atoms with Crippen LogP contribution in [0.15, 0.2) is 30.5 Å². The Labute approximate surface area is 124 Å². The van der Waals surface area contributed by atoms with Crippen molar-refractivity contribution in [1.82, 2.24) is 19.9 Å². The van der Waals surface area contributed by atoms with Crippen LogP contribution >= 0.6 is 0 Å². The number of hydrogen-bond donors (Lipinski definition) is 0. The second-order valence-corrected chi connectivity index (χ2v) is 5.05. The minimum Gasteiger partial charge on any atom is -0.497 e. The molecule has 1 aliphatic rings. The van der Waals surface area contributed by atoms with Gasteiger partial charge in [0.1, 0.15) is 11.4 Å². The smallest absolute Gasteiger partial charge is 0.119 e. The van der Waals surface area contributed by atoms with Gasteiger partial charge in [-0.05, 0) is 12.1 Å². The fraction of sp³-hybridized carbons (Fsp3) is 0.467. The summed E-state index contributed by atoms with van der Waals surface area (Å²) in [5.74, 6) is 0.829. The van der Waals surface area contributed by atoms with Crippen molar-refractivity contribution in [2.75, 3.05) is 40.0 Å². The maximum Gasteiger partial charge on any atom is 0.119 e. The number of methoxy groups -OCH3 is 1. The molecule has 0 atom stereocenters. The first-order valence-corrected chi connectivity index (χ1v) is 7.20. The van der Waals surface area contributed by atoms with Gasteiger partial charge in [0.2, 0.25) is 0 Å². The van der Waals surface area contributed by atoms with Gasteiger partial charge in [0.25, 0.3) is 0 Å². The van der Waals surface area contributed by atoms with Crippen LogP contribution in [0.2, 0.25) is 0 Å². The predicted octanol–water partition coefficient (Wildman–Crippen LogP) is 1.29.